The maximum Gasteiger partial charge on any atom is 0.284 e. The molecule has 0 amide bonds. The van der Waals surface area contributed by atoms with Crippen LogP contribution in [-0.2, 0) is 6.42 Å². The number of hydrogen-bond acceptors (Lipinski definition) is 3. The number of rotatable bonds is 8. The Morgan fingerprint density at radius 1 is 1.20 bits per heavy atom. The molecule has 0 saturated heterocycles. The molecule has 0 saturated carbocycles. The fourth-order valence-corrected chi connectivity index (χ4v) is 2.97. The van der Waals surface area contributed by atoms with Crippen molar-refractivity contribution in [2.45, 2.75) is 66.2 Å². The van der Waals surface area contributed by atoms with E-state index in [4.69, 9.17) is 4.74 Å². The van der Waals surface area contributed by atoms with Gasteiger partial charge < -0.3 is 4.74 Å². The first-order valence-corrected chi connectivity index (χ1v) is 9.28. The highest BCUT2D eigenvalue weighted by Gasteiger charge is 2.16. The number of aryl methyl sites for hydroxylation is 1. The van der Waals surface area contributed by atoms with Crippen LogP contribution in [0.5, 0.6) is 5.75 Å². The first kappa shape index (κ1) is 19.2. The molecule has 4 nitrogen and oxygen atoms in total. The summed E-state index contributed by atoms with van der Waals surface area (Å²) in [5.41, 5.74) is 4.36. The van der Waals surface area contributed by atoms with Gasteiger partial charge in [0.25, 0.3) is 5.91 Å². The number of aromatic nitrogens is 2. The monoisotopic (exact) mass is 342 g/mol. The third-order valence-corrected chi connectivity index (χ3v) is 4.88. The van der Waals surface area contributed by atoms with Gasteiger partial charge in [-0.2, -0.15) is 5.10 Å². The van der Waals surface area contributed by atoms with Gasteiger partial charge in [-0.3, -0.25) is 4.79 Å². The number of carbonyl (C=O) groups excluding carboxylic acids is 1. The van der Waals surface area contributed by atoms with E-state index in [2.05, 4.69) is 38.0 Å². The number of ether oxygens (including phenoxy) is 1. The summed E-state index contributed by atoms with van der Waals surface area (Å²) in [6, 6.07) is 8.01. The normalized spacial score (nSPS) is 12.2. The van der Waals surface area contributed by atoms with E-state index in [1.807, 2.05) is 26.0 Å². The molecular weight excluding hydrogens is 312 g/mol. The van der Waals surface area contributed by atoms with E-state index in [1.54, 1.807) is 0 Å². The molecule has 1 aromatic carbocycles. The molecule has 1 unspecified atom stereocenters. The minimum absolute atomic E-state index is 0.00213. The number of benzene rings is 1. The fourth-order valence-electron chi connectivity index (χ4n) is 2.97. The topological polar surface area (TPSA) is 44.1 Å². The molecule has 2 rings (SSSR count). The van der Waals surface area contributed by atoms with Gasteiger partial charge in [0, 0.05) is 5.69 Å². The molecule has 2 aromatic rings. The lowest BCUT2D eigenvalue weighted by molar-refractivity contribution is 0.0818. The molecule has 0 N–H and O–H groups in total. The first-order valence-electron chi connectivity index (χ1n) is 9.28. The van der Waals surface area contributed by atoms with Gasteiger partial charge in [-0.1, -0.05) is 39.3 Å². The summed E-state index contributed by atoms with van der Waals surface area (Å²) < 4.78 is 7.16. The predicted octanol–water partition coefficient (Wildman–Crippen LogP) is 5.08. The highest BCUT2D eigenvalue weighted by Crippen LogP contribution is 2.21. The first-order chi connectivity index (χ1) is 12.0. The van der Waals surface area contributed by atoms with E-state index in [0.29, 0.717) is 11.7 Å². The van der Waals surface area contributed by atoms with Crippen molar-refractivity contribution in [2.75, 3.05) is 6.61 Å². The smallest absolute Gasteiger partial charge is 0.284 e. The zero-order chi connectivity index (χ0) is 18.4. The minimum atomic E-state index is -0.130. The van der Waals surface area contributed by atoms with Crippen LogP contribution < -0.4 is 4.74 Å². The van der Waals surface area contributed by atoms with Crippen molar-refractivity contribution in [1.82, 2.24) is 9.78 Å². The molecule has 1 atom stereocenters. The number of unbranched alkanes of at least 4 members (excludes halogenated alkanes) is 1. The van der Waals surface area contributed by atoms with Gasteiger partial charge in [0.2, 0.25) is 0 Å². The van der Waals surface area contributed by atoms with Crippen molar-refractivity contribution in [1.29, 1.82) is 0 Å². The lowest BCUT2D eigenvalue weighted by Gasteiger charge is -2.11. The van der Waals surface area contributed by atoms with E-state index < -0.39 is 0 Å². The highest BCUT2D eigenvalue weighted by atomic mass is 16.5. The van der Waals surface area contributed by atoms with Crippen LogP contribution in [-0.4, -0.2) is 22.3 Å². The van der Waals surface area contributed by atoms with Crippen LogP contribution in [0.4, 0.5) is 0 Å². The summed E-state index contributed by atoms with van der Waals surface area (Å²) in [5.74, 6) is 1.12. The van der Waals surface area contributed by atoms with E-state index in [1.165, 1.54) is 15.8 Å². The van der Waals surface area contributed by atoms with Crippen molar-refractivity contribution in [3.8, 4) is 5.75 Å². The van der Waals surface area contributed by atoms with Crippen LogP contribution in [0.15, 0.2) is 24.3 Å². The molecule has 4 heteroatoms. The summed E-state index contributed by atoms with van der Waals surface area (Å²) in [4.78, 5) is 12.5. The molecule has 25 heavy (non-hydrogen) atoms. The molecule has 1 heterocycles. The summed E-state index contributed by atoms with van der Waals surface area (Å²) in [6.45, 7) is 10.5. The Morgan fingerprint density at radius 3 is 2.48 bits per heavy atom. The Hall–Kier alpha value is -2.10. The zero-order valence-electron chi connectivity index (χ0n) is 16.1. The van der Waals surface area contributed by atoms with Gasteiger partial charge in [0.05, 0.1) is 5.69 Å². The predicted molar refractivity (Wildman–Crippen MR) is 102 cm³/mol. The summed E-state index contributed by atoms with van der Waals surface area (Å²) >= 11 is 0. The second kappa shape index (κ2) is 8.84. The van der Waals surface area contributed by atoms with Crippen LogP contribution in [0.3, 0.4) is 0 Å². The molecule has 0 spiro atoms. The Labute approximate surface area is 151 Å². The van der Waals surface area contributed by atoms with Crippen LogP contribution in [0.25, 0.3) is 0 Å². The minimum Gasteiger partial charge on any atom is -0.484 e. The molecule has 1 aromatic heterocycles. The van der Waals surface area contributed by atoms with Crippen molar-refractivity contribution in [3.63, 3.8) is 0 Å². The molecule has 0 aliphatic carbocycles. The molecule has 0 radical (unpaired) electrons. The maximum atomic E-state index is 12.5. The van der Waals surface area contributed by atoms with Gasteiger partial charge >= 0.3 is 0 Å². The Balaban J connectivity index is 2.00. The van der Waals surface area contributed by atoms with Gasteiger partial charge in [-0.05, 0) is 62.3 Å². The van der Waals surface area contributed by atoms with Gasteiger partial charge in [-0.25, -0.2) is 4.68 Å². The van der Waals surface area contributed by atoms with Gasteiger partial charge in [0.15, 0.2) is 6.61 Å². The summed E-state index contributed by atoms with van der Waals surface area (Å²) in [5, 5.41) is 4.41. The van der Waals surface area contributed by atoms with Gasteiger partial charge in [-0.15, -0.1) is 0 Å². The molecule has 0 bridgehead atoms. The maximum absolute atomic E-state index is 12.5. The average Bonchev–Trinajstić information content (AvgIpc) is 2.91. The average molecular weight is 342 g/mol. The standard InChI is InChI=1S/C21H30N2O2/c1-6-8-9-20-16(4)22-23(17(20)5)21(24)14-25-19-12-10-18(11-13-19)15(3)7-2/h10-13,15H,6-9,14H2,1-5H3. The Morgan fingerprint density at radius 2 is 1.88 bits per heavy atom. The Kier molecular flexibility index (Phi) is 6.80. The van der Waals surface area contributed by atoms with Crippen molar-refractivity contribution < 1.29 is 9.53 Å². The number of nitrogens with zero attached hydrogens (tertiary/aromatic N) is 2. The Bertz CT molecular complexity index is 701. The number of carbonyl (C=O) groups is 1. The van der Waals surface area contributed by atoms with Crippen molar-refractivity contribution in [3.05, 3.63) is 46.8 Å². The van der Waals surface area contributed by atoms with Gasteiger partial charge in [0.1, 0.15) is 5.75 Å². The fraction of sp³-hybridized carbons (Fsp3) is 0.524. The van der Waals surface area contributed by atoms with E-state index in [-0.39, 0.29) is 12.5 Å². The molecule has 0 aliphatic heterocycles. The lowest BCUT2D eigenvalue weighted by atomic mass is 9.99. The van der Waals surface area contributed by atoms with Crippen molar-refractivity contribution in [2.24, 2.45) is 0 Å². The van der Waals surface area contributed by atoms with E-state index in [9.17, 15) is 4.79 Å². The molecule has 0 aliphatic rings. The van der Waals surface area contributed by atoms with Crippen LogP contribution >= 0.6 is 0 Å². The van der Waals surface area contributed by atoms with E-state index in [0.717, 1.165) is 37.1 Å². The largest absolute Gasteiger partial charge is 0.484 e. The zero-order valence-corrected chi connectivity index (χ0v) is 16.1. The van der Waals surface area contributed by atoms with Crippen LogP contribution in [0.2, 0.25) is 0 Å². The van der Waals surface area contributed by atoms with Crippen LogP contribution in [0.1, 0.15) is 73.3 Å². The van der Waals surface area contributed by atoms with Crippen molar-refractivity contribution >= 4 is 5.91 Å². The van der Waals surface area contributed by atoms with Crippen LogP contribution in [0, 0.1) is 13.8 Å². The summed E-state index contributed by atoms with van der Waals surface area (Å²) in [6.07, 6.45) is 4.32. The molecule has 0 fully saturated rings. The van der Waals surface area contributed by atoms with E-state index >= 15 is 0 Å². The third kappa shape index (κ3) is 4.71. The number of hydrogen-bond donors (Lipinski definition) is 0. The lowest BCUT2D eigenvalue weighted by Crippen LogP contribution is -2.21. The summed E-state index contributed by atoms with van der Waals surface area (Å²) in [7, 11) is 0. The quantitative estimate of drug-likeness (QED) is 0.672. The SMILES string of the molecule is CCCCc1c(C)nn(C(=O)COc2ccc(C(C)CC)cc2)c1C. The molecule has 136 valence electrons. The highest BCUT2D eigenvalue weighted by molar-refractivity contribution is 5.80. The second-order valence-electron chi connectivity index (χ2n) is 6.73. The second-order valence-corrected chi connectivity index (χ2v) is 6.73. The molecular formula is C21H30N2O2. The third-order valence-electron chi connectivity index (χ3n) is 4.88.